The molecule has 0 aliphatic heterocycles. The number of hydrogen-bond donors (Lipinski definition) is 0. The number of rotatable bonds is 4. The number of aromatic nitrogens is 4. The predicted molar refractivity (Wildman–Crippen MR) is 114 cm³/mol. The minimum Gasteiger partial charge on any atom is -0.260 e. The van der Waals surface area contributed by atoms with Gasteiger partial charge >= 0.3 is 0 Å². The summed E-state index contributed by atoms with van der Waals surface area (Å²) < 4.78 is 53.6. The Morgan fingerprint density at radius 3 is 2.53 bits per heavy atom. The topological polar surface area (TPSA) is 85.7 Å². The molecule has 0 spiro atoms. The first-order chi connectivity index (χ1) is 15.1. The molecule has 32 heavy (non-hydrogen) atoms. The molecule has 5 rings (SSSR count). The second kappa shape index (κ2) is 6.84. The van der Waals surface area contributed by atoms with Crippen LogP contribution in [-0.4, -0.2) is 34.3 Å². The molecule has 0 radical (unpaired) electrons. The normalized spacial score (nSPS) is 23.3. The maximum atomic E-state index is 14.4. The van der Waals surface area contributed by atoms with Gasteiger partial charge in [-0.2, -0.15) is 5.10 Å². The molecule has 1 saturated carbocycles. The van der Waals surface area contributed by atoms with Crippen LogP contribution in [0.5, 0.6) is 0 Å². The van der Waals surface area contributed by atoms with Crippen molar-refractivity contribution in [2.24, 2.45) is 5.41 Å². The van der Waals surface area contributed by atoms with E-state index in [0.29, 0.717) is 17.8 Å². The highest BCUT2D eigenvalue weighted by molar-refractivity contribution is 7.91. The van der Waals surface area contributed by atoms with Gasteiger partial charge in [0.25, 0.3) is 0 Å². The van der Waals surface area contributed by atoms with Crippen LogP contribution in [0, 0.1) is 17.0 Å². The van der Waals surface area contributed by atoms with Crippen LogP contribution in [0.2, 0.25) is 0 Å². The van der Waals surface area contributed by atoms with E-state index in [1.165, 1.54) is 24.4 Å². The van der Waals surface area contributed by atoms with Crippen LogP contribution in [0.25, 0.3) is 11.3 Å². The van der Waals surface area contributed by atoms with E-state index in [1.807, 2.05) is 0 Å². The number of fused-ring (bicyclic) bond motifs is 5. The van der Waals surface area contributed by atoms with Gasteiger partial charge in [-0.25, -0.2) is 22.2 Å². The summed E-state index contributed by atoms with van der Waals surface area (Å²) in [5.41, 5.74) is 0.995. The van der Waals surface area contributed by atoms with Gasteiger partial charge in [0.15, 0.2) is 14.9 Å². The van der Waals surface area contributed by atoms with Gasteiger partial charge in [-0.1, -0.05) is 26.8 Å². The maximum Gasteiger partial charge on any atom is 0.196 e. The third-order valence-electron chi connectivity index (χ3n) is 7.35. The summed E-state index contributed by atoms with van der Waals surface area (Å²) in [5, 5.41) is 8.59. The van der Waals surface area contributed by atoms with Gasteiger partial charge in [0.2, 0.25) is 0 Å². The van der Waals surface area contributed by atoms with Crippen molar-refractivity contribution in [3.8, 4) is 11.3 Å². The third kappa shape index (κ3) is 2.63. The summed E-state index contributed by atoms with van der Waals surface area (Å²) in [4.78, 5) is 8.72. The van der Waals surface area contributed by atoms with Crippen molar-refractivity contribution in [3.63, 3.8) is 0 Å². The fourth-order valence-corrected chi connectivity index (χ4v) is 6.36. The lowest BCUT2D eigenvalue weighted by Gasteiger charge is -2.37. The molecule has 1 fully saturated rings. The van der Waals surface area contributed by atoms with Crippen molar-refractivity contribution < 1.29 is 17.2 Å². The average molecular weight is 457 g/mol. The zero-order chi connectivity index (χ0) is 22.9. The van der Waals surface area contributed by atoms with Crippen LogP contribution in [0.15, 0.2) is 41.7 Å². The molecule has 2 bridgehead atoms. The summed E-state index contributed by atoms with van der Waals surface area (Å²) in [6.07, 6.45) is 4.39. The van der Waals surface area contributed by atoms with Crippen molar-refractivity contribution in [3.05, 3.63) is 65.2 Å². The molecular formula is C23H22F2N4O2S. The lowest BCUT2D eigenvalue weighted by atomic mass is 9.66. The molecule has 9 heteroatoms. The van der Waals surface area contributed by atoms with Crippen LogP contribution in [0.3, 0.4) is 0 Å². The monoisotopic (exact) mass is 456 g/mol. The largest absolute Gasteiger partial charge is 0.260 e. The first-order valence-corrected chi connectivity index (χ1v) is 12.2. The lowest BCUT2D eigenvalue weighted by molar-refractivity contribution is 0.241. The molecule has 166 valence electrons. The van der Waals surface area contributed by atoms with Crippen LogP contribution >= 0.6 is 0 Å². The van der Waals surface area contributed by atoms with E-state index in [9.17, 15) is 17.2 Å². The fourth-order valence-electron chi connectivity index (χ4n) is 5.61. The second-order valence-corrected chi connectivity index (χ2v) is 11.2. The van der Waals surface area contributed by atoms with E-state index in [4.69, 9.17) is 0 Å². The highest BCUT2D eigenvalue weighted by Crippen LogP contribution is 2.69. The average Bonchev–Trinajstić information content (AvgIpc) is 3.15. The minimum atomic E-state index is -3.53. The summed E-state index contributed by atoms with van der Waals surface area (Å²) in [6, 6.07) is 5.42. The molecule has 0 unspecified atom stereocenters. The Labute approximate surface area is 185 Å². The van der Waals surface area contributed by atoms with Crippen molar-refractivity contribution in [1.29, 1.82) is 0 Å². The number of benzene rings is 1. The van der Waals surface area contributed by atoms with Crippen LogP contribution < -0.4 is 0 Å². The van der Waals surface area contributed by atoms with Gasteiger partial charge in [0, 0.05) is 6.20 Å². The van der Waals surface area contributed by atoms with Crippen LogP contribution in [0.1, 0.15) is 56.5 Å². The summed E-state index contributed by atoms with van der Waals surface area (Å²) in [6.45, 7) is 5.76. The molecule has 0 amide bonds. The summed E-state index contributed by atoms with van der Waals surface area (Å²) in [5.74, 6) is -1.40. The van der Waals surface area contributed by atoms with Crippen molar-refractivity contribution in [1.82, 2.24) is 20.2 Å². The van der Waals surface area contributed by atoms with E-state index >= 15 is 0 Å². The minimum absolute atomic E-state index is 0.0578. The van der Waals surface area contributed by atoms with E-state index < -0.39 is 26.9 Å². The SMILES string of the molecule is CCS(=O)(=O)c1cncc([C@@]23CC[C@@H](c4cc(-c5c(F)cccc5F)nnc42)C3(C)C)n1. The highest BCUT2D eigenvalue weighted by atomic mass is 32.2. The Balaban J connectivity index is 1.72. The zero-order valence-corrected chi connectivity index (χ0v) is 18.7. The quantitative estimate of drug-likeness (QED) is 0.585. The van der Waals surface area contributed by atoms with E-state index in [-0.39, 0.29) is 33.4 Å². The molecule has 0 N–H and O–H groups in total. The van der Waals surface area contributed by atoms with Crippen LogP contribution in [-0.2, 0) is 15.3 Å². The Kier molecular flexibility index (Phi) is 4.50. The van der Waals surface area contributed by atoms with Gasteiger partial charge in [-0.05, 0) is 47.9 Å². The zero-order valence-electron chi connectivity index (χ0n) is 17.9. The lowest BCUT2D eigenvalue weighted by Crippen LogP contribution is -2.38. The molecular weight excluding hydrogens is 434 g/mol. The maximum absolute atomic E-state index is 14.4. The van der Waals surface area contributed by atoms with Crippen molar-refractivity contribution in [2.45, 2.75) is 50.0 Å². The number of nitrogens with zero attached hydrogens (tertiary/aromatic N) is 4. The number of hydrogen-bond acceptors (Lipinski definition) is 6. The Bertz CT molecular complexity index is 1340. The van der Waals surface area contributed by atoms with E-state index in [1.54, 1.807) is 19.2 Å². The number of sulfone groups is 1. The van der Waals surface area contributed by atoms with Gasteiger partial charge < -0.3 is 0 Å². The third-order valence-corrected chi connectivity index (χ3v) is 8.94. The highest BCUT2D eigenvalue weighted by Gasteiger charge is 2.65. The molecule has 2 aromatic heterocycles. The summed E-state index contributed by atoms with van der Waals surface area (Å²) in [7, 11) is -3.53. The molecule has 2 aliphatic rings. The predicted octanol–water partition coefficient (Wildman–Crippen LogP) is 4.21. The second-order valence-electron chi connectivity index (χ2n) is 8.99. The van der Waals surface area contributed by atoms with Gasteiger partial charge in [-0.3, -0.25) is 4.98 Å². The van der Waals surface area contributed by atoms with E-state index in [2.05, 4.69) is 34.0 Å². The Morgan fingerprint density at radius 2 is 1.84 bits per heavy atom. The Morgan fingerprint density at radius 1 is 1.12 bits per heavy atom. The standard InChI is InChI=1S/C23H22F2N4O2S/c1-4-32(30,31)19-12-26-11-18(27-19)23-9-8-14(22(23,2)3)13-10-17(28-29-21(13)23)20-15(24)6-5-7-16(20)25/h5-7,10-12,14H,4,8-9H2,1-3H3/t14-,23-/m0/s1. The molecule has 2 heterocycles. The first kappa shape index (κ1) is 21.1. The van der Waals surface area contributed by atoms with E-state index in [0.717, 1.165) is 12.0 Å². The first-order valence-electron chi connectivity index (χ1n) is 10.5. The molecule has 2 atom stereocenters. The van der Waals surface area contributed by atoms with Crippen molar-refractivity contribution in [2.75, 3.05) is 5.75 Å². The molecule has 1 aromatic carbocycles. The molecule has 2 aliphatic carbocycles. The van der Waals surface area contributed by atoms with Crippen LogP contribution in [0.4, 0.5) is 8.78 Å². The Hall–Kier alpha value is -2.81. The molecule has 6 nitrogen and oxygen atoms in total. The van der Waals surface area contributed by atoms with Crippen molar-refractivity contribution >= 4 is 9.84 Å². The van der Waals surface area contributed by atoms with Gasteiger partial charge in [-0.15, -0.1) is 5.10 Å². The molecule has 3 aromatic rings. The smallest absolute Gasteiger partial charge is 0.196 e. The van der Waals surface area contributed by atoms with Gasteiger partial charge in [0.05, 0.1) is 40.0 Å². The fraction of sp³-hybridized carbons (Fsp3) is 0.391. The number of halogens is 2. The summed E-state index contributed by atoms with van der Waals surface area (Å²) >= 11 is 0. The van der Waals surface area contributed by atoms with Gasteiger partial charge in [0.1, 0.15) is 11.6 Å². The molecule has 0 saturated heterocycles.